The molecule has 0 spiro atoms. The fourth-order valence-corrected chi connectivity index (χ4v) is 2.93. The smallest absolute Gasteiger partial charge is 0.0110 e. The molecular weight excluding hydrogens is 224 g/mol. The Morgan fingerprint density at radius 1 is 0.778 bits per heavy atom. The van der Waals surface area contributed by atoms with Gasteiger partial charge in [0.05, 0.1) is 0 Å². The number of hydrogen-bond donors (Lipinski definition) is 1. The van der Waals surface area contributed by atoms with E-state index < -0.39 is 0 Å². The zero-order valence-corrected chi connectivity index (χ0v) is 12.2. The molecule has 2 fully saturated rings. The van der Waals surface area contributed by atoms with Gasteiger partial charge in [0.25, 0.3) is 0 Å². The summed E-state index contributed by atoms with van der Waals surface area (Å²) in [5, 5.41) is 3.41. The van der Waals surface area contributed by atoms with Crippen LogP contribution in [0, 0.1) is 5.92 Å². The Balaban J connectivity index is 1.58. The predicted octanol–water partition coefficient (Wildman–Crippen LogP) is 0.165. The summed E-state index contributed by atoms with van der Waals surface area (Å²) in [6.45, 7) is 18.3. The van der Waals surface area contributed by atoms with Gasteiger partial charge in [-0.15, -0.1) is 0 Å². The molecule has 2 rings (SSSR count). The predicted molar refractivity (Wildman–Crippen MR) is 77.0 cm³/mol. The molecule has 0 unspecified atom stereocenters. The van der Waals surface area contributed by atoms with Gasteiger partial charge in [0.2, 0.25) is 0 Å². The van der Waals surface area contributed by atoms with E-state index in [4.69, 9.17) is 0 Å². The average molecular weight is 254 g/mol. The van der Waals surface area contributed by atoms with Gasteiger partial charge in [-0.1, -0.05) is 13.8 Å². The summed E-state index contributed by atoms with van der Waals surface area (Å²) in [6.07, 6.45) is 0. The second-order valence-corrected chi connectivity index (χ2v) is 6.13. The molecule has 0 saturated carbocycles. The Hall–Kier alpha value is -0.160. The maximum Gasteiger partial charge on any atom is 0.0110 e. The van der Waals surface area contributed by atoms with Crippen molar-refractivity contribution < 1.29 is 0 Å². The molecule has 0 aliphatic carbocycles. The SMILES string of the molecule is CC(C)CN1CCN(CCN2CCNCC2)CC1. The lowest BCUT2D eigenvalue weighted by Crippen LogP contribution is -2.51. The van der Waals surface area contributed by atoms with Gasteiger partial charge in [0, 0.05) is 72.0 Å². The van der Waals surface area contributed by atoms with Gasteiger partial charge >= 0.3 is 0 Å². The van der Waals surface area contributed by atoms with Crippen molar-refractivity contribution in [1.82, 2.24) is 20.0 Å². The van der Waals surface area contributed by atoms with E-state index in [2.05, 4.69) is 33.9 Å². The van der Waals surface area contributed by atoms with Crippen LogP contribution in [0.25, 0.3) is 0 Å². The van der Waals surface area contributed by atoms with E-state index >= 15 is 0 Å². The zero-order valence-electron chi connectivity index (χ0n) is 12.2. The molecular formula is C14H30N4. The molecule has 2 aliphatic heterocycles. The standard InChI is InChI=1S/C14H30N4/c1-14(2)13-18-11-9-17(10-12-18)8-7-16-5-3-15-4-6-16/h14-15H,3-13H2,1-2H3. The third kappa shape index (κ3) is 4.84. The molecule has 2 aliphatic rings. The van der Waals surface area contributed by atoms with E-state index in [-0.39, 0.29) is 0 Å². The largest absolute Gasteiger partial charge is 0.314 e. The Labute approximate surface area is 112 Å². The number of nitrogens with zero attached hydrogens (tertiary/aromatic N) is 3. The molecule has 4 nitrogen and oxygen atoms in total. The quantitative estimate of drug-likeness (QED) is 0.755. The van der Waals surface area contributed by atoms with Gasteiger partial charge in [-0.3, -0.25) is 9.80 Å². The van der Waals surface area contributed by atoms with E-state index in [1.165, 1.54) is 72.0 Å². The highest BCUT2D eigenvalue weighted by Gasteiger charge is 2.18. The molecule has 0 aromatic carbocycles. The Kier molecular flexibility index (Phi) is 5.89. The van der Waals surface area contributed by atoms with Crippen molar-refractivity contribution >= 4 is 0 Å². The molecule has 4 heteroatoms. The van der Waals surface area contributed by atoms with E-state index in [1.807, 2.05) is 0 Å². The van der Waals surface area contributed by atoms with E-state index in [1.54, 1.807) is 0 Å². The molecule has 0 radical (unpaired) electrons. The van der Waals surface area contributed by atoms with Crippen LogP contribution in [-0.2, 0) is 0 Å². The first kappa shape index (κ1) is 14.3. The third-order valence-electron chi connectivity index (χ3n) is 4.03. The highest BCUT2D eigenvalue weighted by molar-refractivity contribution is 4.75. The lowest BCUT2D eigenvalue weighted by atomic mass is 10.2. The first-order valence-corrected chi connectivity index (χ1v) is 7.62. The van der Waals surface area contributed by atoms with Crippen LogP contribution in [0.1, 0.15) is 13.8 Å². The van der Waals surface area contributed by atoms with Crippen molar-refractivity contribution in [3.63, 3.8) is 0 Å². The van der Waals surface area contributed by atoms with Crippen molar-refractivity contribution in [2.45, 2.75) is 13.8 Å². The second-order valence-electron chi connectivity index (χ2n) is 6.13. The van der Waals surface area contributed by atoms with Gasteiger partial charge in [-0.05, 0) is 5.92 Å². The minimum absolute atomic E-state index is 0.803. The summed E-state index contributed by atoms with van der Waals surface area (Å²) in [5.41, 5.74) is 0. The molecule has 0 aromatic heterocycles. The lowest BCUT2D eigenvalue weighted by Gasteiger charge is -2.37. The molecule has 106 valence electrons. The van der Waals surface area contributed by atoms with Crippen LogP contribution >= 0.6 is 0 Å². The first-order valence-electron chi connectivity index (χ1n) is 7.62. The maximum absolute atomic E-state index is 3.41. The summed E-state index contributed by atoms with van der Waals surface area (Å²) in [4.78, 5) is 7.85. The molecule has 2 saturated heterocycles. The van der Waals surface area contributed by atoms with Crippen LogP contribution in [0.5, 0.6) is 0 Å². The number of nitrogens with one attached hydrogen (secondary N) is 1. The second kappa shape index (κ2) is 7.43. The maximum atomic E-state index is 3.41. The molecule has 0 amide bonds. The van der Waals surface area contributed by atoms with Crippen LogP contribution in [0.3, 0.4) is 0 Å². The Morgan fingerprint density at radius 3 is 1.83 bits per heavy atom. The third-order valence-corrected chi connectivity index (χ3v) is 4.03. The van der Waals surface area contributed by atoms with Crippen LogP contribution in [-0.4, -0.2) is 86.7 Å². The van der Waals surface area contributed by atoms with Crippen LogP contribution in [0.15, 0.2) is 0 Å². The molecule has 2 heterocycles. The van der Waals surface area contributed by atoms with Gasteiger partial charge in [-0.25, -0.2) is 0 Å². The summed E-state index contributed by atoms with van der Waals surface area (Å²) in [7, 11) is 0. The van der Waals surface area contributed by atoms with Crippen molar-refractivity contribution in [2.75, 3.05) is 72.0 Å². The number of hydrogen-bond acceptors (Lipinski definition) is 4. The van der Waals surface area contributed by atoms with E-state index in [9.17, 15) is 0 Å². The highest BCUT2D eigenvalue weighted by Crippen LogP contribution is 2.05. The number of piperazine rings is 2. The Bertz CT molecular complexity index is 218. The topological polar surface area (TPSA) is 21.8 Å². The molecule has 0 aromatic rings. The molecule has 18 heavy (non-hydrogen) atoms. The average Bonchev–Trinajstić information content (AvgIpc) is 2.38. The van der Waals surface area contributed by atoms with Crippen LogP contribution in [0.4, 0.5) is 0 Å². The molecule has 0 bridgehead atoms. The summed E-state index contributed by atoms with van der Waals surface area (Å²) < 4.78 is 0. The lowest BCUT2D eigenvalue weighted by molar-refractivity contribution is 0.108. The fourth-order valence-electron chi connectivity index (χ4n) is 2.93. The van der Waals surface area contributed by atoms with Crippen molar-refractivity contribution in [3.8, 4) is 0 Å². The van der Waals surface area contributed by atoms with E-state index in [0.717, 1.165) is 5.92 Å². The van der Waals surface area contributed by atoms with Crippen molar-refractivity contribution in [1.29, 1.82) is 0 Å². The first-order chi connectivity index (χ1) is 8.74. The fraction of sp³-hybridized carbons (Fsp3) is 1.00. The summed E-state index contributed by atoms with van der Waals surface area (Å²) in [6, 6.07) is 0. The normalized spacial score (nSPS) is 24.8. The summed E-state index contributed by atoms with van der Waals surface area (Å²) in [5.74, 6) is 0.803. The van der Waals surface area contributed by atoms with Gasteiger partial charge in [-0.2, -0.15) is 0 Å². The van der Waals surface area contributed by atoms with Gasteiger partial charge in [0.1, 0.15) is 0 Å². The van der Waals surface area contributed by atoms with E-state index in [0.29, 0.717) is 0 Å². The molecule has 1 N–H and O–H groups in total. The summed E-state index contributed by atoms with van der Waals surface area (Å²) >= 11 is 0. The Morgan fingerprint density at radius 2 is 1.28 bits per heavy atom. The van der Waals surface area contributed by atoms with Crippen molar-refractivity contribution in [2.24, 2.45) is 5.92 Å². The van der Waals surface area contributed by atoms with Crippen LogP contribution in [0.2, 0.25) is 0 Å². The molecule has 0 atom stereocenters. The van der Waals surface area contributed by atoms with Crippen LogP contribution < -0.4 is 5.32 Å². The minimum atomic E-state index is 0.803. The zero-order chi connectivity index (χ0) is 12.8. The minimum Gasteiger partial charge on any atom is -0.314 e. The number of rotatable bonds is 5. The van der Waals surface area contributed by atoms with Crippen molar-refractivity contribution in [3.05, 3.63) is 0 Å². The van der Waals surface area contributed by atoms with Gasteiger partial charge < -0.3 is 10.2 Å². The highest BCUT2D eigenvalue weighted by atomic mass is 15.3. The monoisotopic (exact) mass is 254 g/mol. The van der Waals surface area contributed by atoms with Gasteiger partial charge in [0.15, 0.2) is 0 Å².